The Morgan fingerprint density at radius 2 is 2.50 bits per heavy atom. The summed E-state index contributed by atoms with van der Waals surface area (Å²) in [7, 11) is 0. The number of nitrogens with one attached hydrogen (secondary N) is 1. The summed E-state index contributed by atoms with van der Waals surface area (Å²) in [6, 6.07) is 4.57. The van der Waals surface area contributed by atoms with Crippen LogP contribution in [0.15, 0.2) is 22.8 Å². The van der Waals surface area contributed by atoms with Gasteiger partial charge in [-0.3, -0.25) is 0 Å². The molecule has 0 aliphatic carbocycles. The molecule has 3 heteroatoms. The van der Waals surface area contributed by atoms with Gasteiger partial charge in [-0.2, -0.15) is 0 Å². The number of furan rings is 1. The fourth-order valence-electron chi connectivity index (χ4n) is 2.39. The van der Waals surface area contributed by atoms with E-state index in [1.54, 1.807) is 6.26 Å². The SMILES string of the molecule is CCNC(CCc1ccco1)C1CCOC1. The minimum atomic E-state index is 0.567. The van der Waals surface area contributed by atoms with Crippen LogP contribution in [0.4, 0.5) is 0 Å². The van der Waals surface area contributed by atoms with Gasteiger partial charge in [-0.05, 0) is 37.4 Å². The van der Waals surface area contributed by atoms with Crippen molar-refractivity contribution >= 4 is 0 Å². The van der Waals surface area contributed by atoms with Crippen LogP contribution in [-0.4, -0.2) is 25.8 Å². The van der Waals surface area contributed by atoms with Gasteiger partial charge in [0.1, 0.15) is 5.76 Å². The van der Waals surface area contributed by atoms with E-state index in [-0.39, 0.29) is 0 Å². The van der Waals surface area contributed by atoms with Crippen LogP contribution in [0.1, 0.15) is 25.5 Å². The Morgan fingerprint density at radius 3 is 3.12 bits per heavy atom. The summed E-state index contributed by atoms with van der Waals surface area (Å²) < 4.78 is 10.8. The Bertz CT molecular complexity index is 278. The minimum absolute atomic E-state index is 0.567. The van der Waals surface area contributed by atoms with Crippen LogP contribution >= 0.6 is 0 Å². The predicted octanol–water partition coefficient (Wildman–Crippen LogP) is 2.23. The molecule has 16 heavy (non-hydrogen) atoms. The first-order valence-corrected chi connectivity index (χ1v) is 6.23. The van der Waals surface area contributed by atoms with Crippen molar-refractivity contribution in [2.45, 2.75) is 32.2 Å². The normalized spacial score (nSPS) is 22.4. The van der Waals surface area contributed by atoms with Gasteiger partial charge in [-0.15, -0.1) is 0 Å². The van der Waals surface area contributed by atoms with E-state index >= 15 is 0 Å². The van der Waals surface area contributed by atoms with E-state index in [0.29, 0.717) is 12.0 Å². The summed E-state index contributed by atoms with van der Waals surface area (Å²) in [5, 5.41) is 3.57. The summed E-state index contributed by atoms with van der Waals surface area (Å²) in [6.45, 7) is 5.03. The second-order valence-corrected chi connectivity index (χ2v) is 4.41. The first-order valence-electron chi connectivity index (χ1n) is 6.23. The van der Waals surface area contributed by atoms with E-state index in [9.17, 15) is 0 Å². The summed E-state index contributed by atoms with van der Waals surface area (Å²) in [5.41, 5.74) is 0. The van der Waals surface area contributed by atoms with Crippen molar-refractivity contribution in [3.05, 3.63) is 24.2 Å². The number of rotatable bonds is 6. The molecule has 1 aliphatic rings. The summed E-state index contributed by atoms with van der Waals surface area (Å²) in [5.74, 6) is 1.76. The smallest absolute Gasteiger partial charge is 0.103 e. The highest BCUT2D eigenvalue weighted by Crippen LogP contribution is 2.20. The van der Waals surface area contributed by atoms with Crippen molar-refractivity contribution in [3.63, 3.8) is 0 Å². The van der Waals surface area contributed by atoms with E-state index < -0.39 is 0 Å². The van der Waals surface area contributed by atoms with Gasteiger partial charge >= 0.3 is 0 Å². The molecule has 2 rings (SSSR count). The highest BCUT2D eigenvalue weighted by molar-refractivity contribution is 4.99. The molecule has 0 radical (unpaired) electrons. The molecule has 1 saturated heterocycles. The molecule has 1 aromatic rings. The molecule has 0 bridgehead atoms. The lowest BCUT2D eigenvalue weighted by Crippen LogP contribution is -2.36. The summed E-state index contributed by atoms with van der Waals surface area (Å²) in [6.07, 6.45) is 5.09. The molecule has 1 aliphatic heterocycles. The third kappa shape index (κ3) is 3.09. The highest BCUT2D eigenvalue weighted by atomic mass is 16.5. The molecule has 2 heterocycles. The van der Waals surface area contributed by atoms with Gasteiger partial charge in [0, 0.05) is 19.1 Å². The lowest BCUT2D eigenvalue weighted by molar-refractivity contribution is 0.175. The molecule has 90 valence electrons. The van der Waals surface area contributed by atoms with Gasteiger partial charge in [0.25, 0.3) is 0 Å². The third-order valence-corrected chi connectivity index (χ3v) is 3.28. The van der Waals surface area contributed by atoms with Crippen molar-refractivity contribution in [1.82, 2.24) is 5.32 Å². The van der Waals surface area contributed by atoms with Gasteiger partial charge in [0.2, 0.25) is 0 Å². The Labute approximate surface area is 97.2 Å². The van der Waals surface area contributed by atoms with Gasteiger partial charge in [-0.25, -0.2) is 0 Å². The maximum atomic E-state index is 5.46. The van der Waals surface area contributed by atoms with Crippen LogP contribution in [0.2, 0.25) is 0 Å². The van der Waals surface area contributed by atoms with Crippen LogP contribution in [0, 0.1) is 5.92 Å². The number of ether oxygens (including phenoxy) is 1. The first-order chi connectivity index (χ1) is 7.90. The number of aryl methyl sites for hydroxylation is 1. The second-order valence-electron chi connectivity index (χ2n) is 4.41. The number of hydrogen-bond donors (Lipinski definition) is 1. The van der Waals surface area contributed by atoms with Gasteiger partial charge in [-0.1, -0.05) is 6.92 Å². The predicted molar refractivity (Wildman–Crippen MR) is 63.4 cm³/mol. The molecule has 0 saturated carbocycles. The molecule has 1 N–H and O–H groups in total. The van der Waals surface area contributed by atoms with Crippen LogP contribution in [0.25, 0.3) is 0 Å². The molecule has 2 atom stereocenters. The van der Waals surface area contributed by atoms with Gasteiger partial charge < -0.3 is 14.5 Å². The molecule has 1 aromatic heterocycles. The van der Waals surface area contributed by atoms with Crippen molar-refractivity contribution in [2.24, 2.45) is 5.92 Å². The average molecular weight is 223 g/mol. The van der Waals surface area contributed by atoms with Crippen LogP contribution < -0.4 is 5.32 Å². The zero-order valence-corrected chi connectivity index (χ0v) is 9.95. The van der Waals surface area contributed by atoms with Crippen molar-refractivity contribution < 1.29 is 9.15 Å². The highest BCUT2D eigenvalue weighted by Gasteiger charge is 2.24. The van der Waals surface area contributed by atoms with Gasteiger partial charge in [0.15, 0.2) is 0 Å². The van der Waals surface area contributed by atoms with Crippen LogP contribution in [-0.2, 0) is 11.2 Å². The van der Waals surface area contributed by atoms with E-state index in [4.69, 9.17) is 9.15 Å². The average Bonchev–Trinajstić information content (AvgIpc) is 2.96. The molecule has 0 aromatic carbocycles. The zero-order valence-electron chi connectivity index (χ0n) is 9.95. The second kappa shape index (κ2) is 6.06. The van der Waals surface area contributed by atoms with E-state index in [1.165, 1.54) is 6.42 Å². The van der Waals surface area contributed by atoms with E-state index in [0.717, 1.165) is 38.4 Å². The molecule has 0 amide bonds. The maximum Gasteiger partial charge on any atom is 0.103 e. The first kappa shape index (κ1) is 11.7. The molecule has 1 fully saturated rings. The monoisotopic (exact) mass is 223 g/mol. The maximum absolute atomic E-state index is 5.46. The fourth-order valence-corrected chi connectivity index (χ4v) is 2.39. The summed E-state index contributed by atoms with van der Waals surface area (Å²) >= 11 is 0. The summed E-state index contributed by atoms with van der Waals surface area (Å²) in [4.78, 5) is 0. The fraction of sp³-hybridized carbons (Fsp3) is 0.692. The topological polar surface area (TPSA) is 34.4 Å². The standard InChI is InChI=1S/C13H21NO2/c1-2-14-13(11-7-9-15-10-11)6-5-12-4-3-8-16-12/h3-4,8,11,13-14H,2,5-7,9-10H2,1H3. The van der Waals surface area contributed by atoms with Gasteiger partial charge in [0.05, 0.1) is 12.9 Å². The lowest BCUT2D eigenvalue weighted by atomic mass is 9.94. The van der Waals surface area contributed by atoms with Crippen molar-refractivity contribution in [3.8, 4) is 0 Å². The zero-order chi connectivity index (χ0) is 11.2. The van der Waals surface area contributed by atoms with Crippen molar-refractivity contribution in [1.29, 1.82) is 0 Å². The molecular weight excluding hydrogens is 202 g/mol. The third-order valence-electron chi connectivity index (χ3n) is 3.28. The minimum Gasteiger partial charge on any atom is -0.469 e. The lowest BCUT2D eigenvalue weighted by Gasteiger charge is -2.22. The molecule has 3 nitrogen and oxygen atoms in total. The Kier molecular flexibility index (Phi) is 4.43. The Hall–Kier alpha value is -0.800. The molecular formula is C13H21NO2. The van der Waals surface area contributed by atoms with E-state index in [2.05, 4.69) is 12.2 Å². The van der Waals surface area contributed by atoms with Crippen LogP contribution in [0.3, 0.4) is 0 Å². The number of hydrogen-bond acceptors (Lipinski definition) is 3. The largest absolute Gasteiger partial charge is 0.469 e. The Balaban J connectivity index is 1.82. The quantitative estimate of drug-likeness (QED) is 0.803. The van der Waals surface area contributed by atoms with E-state index in [1.807, 2.05) is 12.1 Å². The van der Waals surface area contributed by atoms with Crippen molar-refractivity contribution in [2.75, 3.05) is 19.8 Å². The molecule has 0 spiro atoms. The Morgan fingerprint density at radius 1 is 1.56 bits per heavy atom. The molecule has 2 unspecified atom stereocenters. The van der Waals surface area contributed by atoms with Crippen LogP contribution in [0.5, 0.6) is 0 Å².